The molecule has 0 aromatic heterocycles. The maximum absolute atomic E-state index is 8.82. The van der Waals surface area contributed by atoms with Gasteiger partial charge in [-0.1, -0.05) is 44.9 Å². The Kier molecular flexibility index (Phi) is 59.6. The van der Waals surface area contributed by atoms with Crippen LogP contribution in [-0.4, -0.2) is 267 Å². The van der Waals surface area contributed by atoms with Gasteiger partial charge in [0, 0.05) is 38.4 Å². The van der Waals surface area contributed by atoms with Crippen molar-refractivity contribution in [3.05, 3.63) is 12.5 Å². The van der Waals surface area contributed by atoms with Gasteiger partial charge in [0.15, 0.2) is 22.9 Å². The third kappa shape index (κ3) is 74.4. The van der Waals surface area contributed by atoms with E-state index in [4.69, 9.17) is 119 Å². The first-order valence-electron chi connectivity index (χ1n) is 47.3. The van der Waals surface area contributed by atoms with E-state index in [0.29, 0.717) is 32.8 Å². The molecule has 0 atom stereocenters. The summed E-state index contributed by atoms with van der Waals surface area (Å²) >= 11 is 0. The predicted octanol–water partition coefficient (Wildman–Crippen LogP) is 21.9. The molecule has 0 saturated heterocycles. The Labute approximate surface area is 840 Å². The Bertz CT molecular complexity index is 3320. The van der Waals surface area contributed by atoms with Gasteiger partial charge in [0.2, 0.25) is 0 Å². The lowest BCUT2D eigenvalue weighted by atomic mass is 10.1. The van der Waals surface area contributed by atoms with Gasteiger partial charge in [-0.05, 0) is 372 Å². The van der Waals surface area contributed by atoms with Crippen LogP contribution in [0.2, 0.25) is 326 Å². The third-order valence-corrected chi connectivity index (χ3v) is 111. The molecule has 808 valence electrons. The Morgan fingerprint density at radius 1 is 0.185 bits per heavy atom. The second-order valence-electron chi connectivity index (χ2n) is 44.6. The molecule has 0 unspecified atom stereocenters. The van der Waals surface area contributed by atoms with E-state index in [-0.39, 0.29) is 13.2 Å². The number of rotatable bonds is 83. The van der Waals surface area contributed by atoms with Gasteiger partial charge in [-0.3, -0.25) is 4.79 Å². The first kappa shape index (κ1) is 138. The van der Waals surface area contributed by atoms with Gasteiger partial charge >= 0.3 is 188 Å². The number of carbonyl (C=O) groups excluding carboxylic acids is 1. The lowest BCUT2D eigenvalue weighted by Gasteiger charge is -2.45. The second-order valence-corrected chi connectivity index (χ2v) is 133. The van der Waals surface area contributed by atoms with Gasteiger partial charge in [0.25, 0.3) is 6.29 Å². The molecule has 0 radical (unpaired) electrons. The summed E-state index contributed by atoms with van der Waals surface area (Å²) in [6.07, 6.45) is 17.0. The number of hydrogen-bond acceptors (Lipinski definition) is 38. The van der Waals surface area contributed by atoms with Crippen LogP contribution < -0.4 is 0 Å². The number of aliphatic hydroxyl groups is 1. The van der Waals surface area contributed by atoms with Crippen molar-refractivity contribution in [3.63, 3.8) is 0 Å². The highest BCUT2D eigenvalue weighted by Crippen LogP contribution is 2.38. The molecular weight excluding hydrogens is 2160 g/mol. The van der Waals surface area contributed by atoms with Crippen LogP contribution in [0.1, 0.15) is 77.0 Å². The summed E-state index contributed by atoms with van der Waals surface area (Å²) in [5.74, 6) is 0. The summed E-state index contributed by atoms with van der Waals surface area (Å²) in [6.45, 7) is 102. The Hall–Kier alpha value is 2.78. The highest BCUT2D eigenvalue weighted by molar-refractivity contribution is 6.97. The number of aldehydes is 1. The molecule has 39 nitrogen and oxygen atoms in total. The summed E-state index contributed by atoms with van der Waals surface area (Å²) < 4.78 is 178. The van der Waals surface area contributed by atoms with E-state index in [9.17, 15) is 0 Å². The van der Waals surface area contributed by atoms with E-state index in [0.717, 1.165) is 50.6 Å². The molecule has 0 spiro atoms. The molecular formula is C72H191O39Si24+. The van der Waals surface area contributed by atoms with Crippen molar-refractivity contribution in [2.45, 2.75) is 403 Å². The molecule has 0 saturated carbocycles. The molecule has 0 rings (SSSR count). The van der Waals surface area contributed by atoms with Gasteiger partial charge in [0.1, 0.15) is 12.9 Å². The van der Waals surface area contributed by atoms with E-state index < -0.39 is 205 Å². The van der Waals surface area contributed by atoms with E-state index in [1.165, 1.54) is 57.5 Å². The van der Waals surface area contributed by atoms with Crippen LogP contribution in [0.4, 0.5) is 0 Å². The molecule has 0 aliphatic carbocycles. The van der Waals surface area contributed by atoms with Gasteiger partial charge in [0.05, 0.1) is 32.8 Å². The maximum Gasteiger partial charge on any atom is 0.314 e. The highest BCUT2D eigenvalue weighted by Gasteiger charge is 2.57. The monoisotopic (exact) mass is 2350 g/mol. The van der Waals surface area contributed by atoms with Crippen LogP contribution in [0.25, 0.3) is 0 Å². The minimum atomic E-state index is -2.95. The van der Waals surface area contributed by atoms with E-state index in [1.54, 1.807) is 0 Å². The summed E-state index contributed by atoms with van der Waals surface area (Å²) in [4.78, 5) is 17.6. The zero-order valence-electron chi connectivity index (χ0n) is 92.6. The first-order valence-corrected chi connectivity index (χ1v) is 115. The van der Waals surface area contributed by atoms with Crippen LogP contribution in [0, 0.1) is 0 Å². The van der Waals surface area contributed by atoms with Crippen molar-refractivity contribution >= 4 is 211 Å². The smallest absolute Gasteiger partial charge is 0.314 e. The zero-order valence-corrected chi connectivity index (χ0v) is 117. The van der Waals surface area contributed by atoms with Crippen LogP contribution in [0.15, 0.2) is 12.5 Å². The molecule has 135 heavy (non-hydrogen) atoms. The molecule has 0 heterocycles. The van der Waals surface area contributed by atoms with Gasteiger partial charge in [-0.25, -0.2) is 4.89 Å². The van der Waals surface area contributed by atoms with E-state index >= 15 is 0 Å². The van der Waals surface area contributed by atoms with Crippen LogP contribution >= 0.6 is 0 Å². The van der Waals surface area contributed by atoms with Crippen molar-refractivity contribution in [2.24, 2.45) is 0 Å². The molecule has 0 amide bonds. The van der Waals surface area contributed by atoms with Gasteiger partial charge in [-0.15, -0.1) is 0 Å². The molecule has 0 fully saturated rings. The average Bonchev–Trinajstić information content (AvgIpc) is 0.827. The molecule has 2 N–H and O–H groups in total. The number of ether oxygens (including phenoxy) is 3. The Balaban J connectivity index is 5.57. The minimum Gasteiger partial charge on any atom is -0.498 e. The number of unbranched alkanes of at least 4 members (excludes halogenated alkanes) is 9. The summed E-state index contributed by atoms with van der Waals surface area (Å²) in [5.41, 5.74) is 0. The van der Waals surface area contributed by atoms with Crippen LogP contribution in [0.5, 0.6) is 0 Å². The summed E-state index contributed by atoms with van der Waals surface area (Å²) in [6, 6.07) is 1.75. The van der Waals surface area contributed by atoms with E-state index in [1.807, 2.05) is 183 Å². The standard InChI is InChI=1S/C72H190O39Si24/c1-112(2,71-59-64-76-68-67-75-63-58-56-54-52-50-49-51-53-55-57-61-73)89-114(5,6)91-116(9,10)93-118(13,14)95-120(17,18)97-122(21,22)99-124(25,26)101-126(29,30)103-128(33,34)105-130(37,38)107-132(41,42)109-134(45,46)111-135(47,48)110-133(43,44)108-131(39,40)106-129(35,36)104-127(31,32)102-125(27,28)100-123(23,24)98-121(19,20)96-119(15,16)94-117(11,12)92-115(7,8)90-113(3,4)72-60-65-77-69-70-79-81-83-85-87-88-86-84-82-80-78-66-62-74/h61,69-70,74H,49-60,62-68,71-72H2,1-48H3/p+1/b70-69-. The first-order chi connectivity index (χ1) is 60.4. The second kappa shape index (κ2) is 58.4. The fourth-order valence-corrected chi connectivity index (χ4v) is 143. The molecule has 0 aliphatic rings. The fourth-order valence-electron chi connectivity index (χ4n) is 17.8. The topological polar surface area (TPSA) is 383 Å². The number of hydrogen-bond donors (Lipinski definition) is 1. The average molecular weight is 2360 g/mol. The quantitative estimate of drug-likeness (QED) is 0.0112. The highest BCUT2D eigenvalue weighted by atomic mass is 28.6. The molecule has 0 aromatic rings. The molecule has 0 aromatic carbocycles. The Morgan fingerprint density at radius 2 is 0.370 bits per heavy atom. The predicted molar refractivity (Wildman–Crippen MR) is 578 cm³/mol. The zero-order chi connectivity index (χ0) is 105. The largest absolute Gasteiger partial charge is 0.498 e. The summed E-state index contributed by atoms with van der Waals surface area (Å²) in [7, 11) is -67.9. The molecule has 0 aliphatic heterocycles. The Morgan fingerprint density at radius 3 is 0.593 bits per heavy atom. The number of aliphatic hydroxyl groups excluding tert-OH is 1. The third-order valence-electron chi connectivity index (χ3n) is 17.2. The molecule has 0 bridgehead atoms. The van der Waals surface area contributed by atoms with Crippen molar-refractivity contribution in [3.8, 4) is 0 Å². The van der Waals surface area contributed by atoms with E-state index in [2.05, 4.69) is 186 Å². The minimum absolute atomic E-state index is 0.186. The normalized spacial score (nSPS) is 15.0. The van der Waals surface area contributed by atoms with Crippen LogP contribution in [0.3, 0.4) is 0 Å². The fraction of sp³-hybridized carbons (Fsp3) is 0.958. The van der Waals surface area contributed by atoms with Crippen molar-refractivity contribution in [1.82, 2.24) is 0 Å². The lowest BCUT2D eigenvalue weighted by Crippen LogP contribution is -2.63. The SMILES string of the molecule is C[Si](C)(CCCO/C=C\OOOOOOOOOOOCCO)O[Si](C)(C)O[Si](C)(C)O[Si](C)(C)O[Si](C)(C)O[Si](C)(C)O[Si](C)(C)O[Si](C)(C)O[Si](C)(C)O[Si](C)(C)O[Si](C)(C)O[Si](C)(C)O[Si](C)(C)O[Si](C)(C)O[Si](C)(C)O[Si](C)(C)O[Si](C)(C)O[Si](C)(C)O[Si](C)(C)O[Si](C)(C)O[Si](C)(C)O[Si](C)(C)O[Si](C)(C)O[Si](C)(C)CCCOCCOCCCCCCCCCCCC=[OH+]. The molecule has 63 heteroatoms. The lowest BCUT2D eigenvalue weighted by molar-refractivity contribution is -0.853. The van der Waals surface area contributed by atoms with Crippen LogP contribution in [-0.2, 0) is 164 Å². The maximum atomic E-state index is 8.82. The van der Waals surface area contributed by atoms with Crippen molar-refractivity contribution in [2.75, 3.05) is 46.2 Å². The van der Waals surface area contributed by atoms with Crippen molar-refractivity contribution in [1.29, 1.82) is 0 Å². The summed E-state index contributed by atoms with van der Waals surface area (Å²) in [5, 5.41) is 43.8. The van der Waals surface area contributed by atoms with Crippen molar-refractivity contribution < 1.29 is 174 Å². The van der Waals surface area contributed by atoms with Gasteiger partial charge in [-0.2, -0.15) is 0 Å². The van der Waals surface area contributed by atoms with Gasteiger partial charge < -0.3 is 119 Å².